The van der Waals surface area contributed by atoms with Crippen LogP contribution >= 0.6 is 0 Å². The Labute approximate surface area is 148 Å². The maximum absolute atomic E-state index is 12.9. The van der Waals surface area contributed by atoms with E-state index in [-0.39, 0.29) is 18.2 Å². The van der Waals surface area contributed by atoms with Gasteiger partial charge in [-0.1, -0.05) is 60.7 Å². The Hall–Kier alpha value is -2.62. The predicted molar refractivity (Wildman–Crippen MR) is 96.3 cm³/mol. The summed E-state index contributed by atoms with van der Waals surface area (Å²) in [6.07, 6.45) is 2.57. The van der Waals surface area contributed by atoms with Gasteiger partial charge in [0.15, 0.2) is 0 Å². The van der Waals surface area contributed by atoms with E-state index < -0.39 is 12.0 Å². The van der Waals surface area contributed by atoms with E-state index in [0.29, 0.717) is 13.0 Å². The summed E-state index contributed by atoms with van der Waals surface area (Å²) in [6, 6.07) is 19.2. The van der Waals surface area contributed by atoms with Gasteiger partial charge >= 0.3 is 5.97 Å². The number of carboxylic acids is 1. The fourth-order valence-corrected chi connectivity index (χ4v) is 3.58. The van der Waals surface area contributed by atoms with E-state index >= 15 is 0 Å². The lowest BCUT2D eigenvalue weighted by Crippen LogP contribution is -2.48. The van der Waals surface area contributed by atoms with E-state index in [1.54, 1.807) is 4.90 Å². The number of piperidine rings is 1. The number of nitrogens with zero attached hydrogens (tertiary/aromatic N) is 1. The Morgan fingerprint density at radius 2 is 1.52 bits per heavy atom. The Bertz CT molecular complexity index is 675. The van der Waals surface area contributed by atoms with Gasteiger partial charge in [0.05, 0.1) is 0 Å². The van der Waals surface area contributed by atoms with Crippen LogP contribution in [0.1, 0.15) is 42.7 Å². The second-order valence-corrected chi connectivity index (χ2v) is 6.52. The van der Waals surface area contributed by atoms with Crippen LogP contribution in [0.5, 0.6) is 0 Å². The molecule has 1 aliphatic heterocycles. The molecule has 1 fully saturated rings. The molecule has 0 bridgehead atoms. The third kappa shape index (κ3) is 4.08. The van der Waals surface area contributed by atoms with Gasteiger partial charge in [-0.25, -0.2) is 4.79 Å². The number of carbonyl (C=O) groups excluding carboxylic acids is 1. The van der Waals surface area contributed by atoms with E-state index in [0.717, 1.165) is 24.0 Å². The van der Waals surface area contributed by atoms with E-state index in [1.807, 2.05) is 60.7 Å². The van der Waals surface area contributed by atoms with Gasteiger partial charge in [-0.15, -0.1) is 0 Å². The molecule has 25 heavy (non-hydrogen) atoms. The highest BCUT2D eigenvalue weighted by molar-refractivity contribution is 5.84. The maximum atomic E-state index is 12.9. The van der Waals surface area contributed by atoms with Crippen LogP contribution in [-0.4, -0.2) is 34.5 Å². The second kappa shape index (κ2) is 7.97. The average molecular weight is 337 g/mol. The second-order valence-electron chi connectivity index (χ2n) is 6.52. The SMILES string of the molecule is O=C(O)C1CCCCN1C(=O)CC(c1ccccc1)c1ccccc1. The molecule has 4 heteroatoms. The number of benzene rings is 2. The van der Waals surface area contributed by atoms with Gasteiger partial charge in [-0.05, 0) is 30.4 Å². The van der Waals surface area contributed by atoms with Gasteiger partial charge in [0, 0.05) is 18.9 Å². The molecule has 2 aromatic carbocycles. The number of aliphatic carboxylic acids is 1. The molecule has 0 radical (unpaired) electrons. The van der Waals surface area contributed by atoms with Crippen LogP contribution in [0.2, 0.25) is 0 Å². The lowest BCUT2D eigenvalue weighted by atomic mass is 9.87. The van der Waals surface area contributed by atoms with Crippen LogP contribution < -0.4 is 0 Å². The van der Waals surface area contributed by atoms with Gasteiger partial charge in [-0.2, -0.15) is 0 Å². The summed E-state index contributed by atoms with van der Waals surface area (Å²) in [7, 11) is 0. The van der Waals surface area contributed by atoms with Crippen molar-refractivity contribution in [1.29, 1.82) is 0 Å². The molecule has 0 spiro atoms. The molecule has 0 aliphatic carbocycles. The molecule has 1 heterocycles. The zero-order chi connectivity index (χ0) is 17.6. The van der Waals surface area contributed by atoms with Crippen molar-refractivity contribution in [2.75, 3.05) is 6.54 Å². The Morgan fingerprint density at radius 3 is 2.04 bits per heavy atom. The summed E-state index contributed by atoms with van der Waals surface area (Å²) < 4.78 is 0. The summed E-state index contributed by atoms with van der Waals surface area (Å²) in [6.45, 7) is 0.534. The van der Waals surface area contributed by atoms with E-state index in [4.69, 9.17) is 0 Å². The molecule has 1 atom stereocenters. The number of carboxylic acid groups (broad SMARTS) is 1. The standard InChI is InChI=1S/C21H23NO3/c23-20(22-14-8-7-13-19(22)21(24)25)15-18(16-9-3-1-4-10-16)17-11-5-2-6-12-17/h1-6,9-12,18-19H,7-8,13-15H2,(H,24,25). The van der Waals surface area contributed by atoms with Crippen LogP contribution in [0.3, 0.4) is 0 Å². The molecule has 0 saturated carbocycles. The summed E-state index contributed by atoms with van der Waals surface area (Å²) >= 11 is 0. The van der Waals surface area contributed by atoms with Crippen LogP contribution in [0.15, 0.2) is 60.7 Å². The Balaban J connectivity index is 1.85. The van der Waals surface area contributed by atoms with E-state index in [2.05, 4.69) is 0 Å². The molecular formula is C21H23NO3. The largest absolute Gasteiger partial charge is 0.480 e. The highest BCUT2D eigenvalue weighted by Crippen LogP contribution is 2.30. The average Bonchev–Trinajstić information content (AvgIpc) is 2.67. The first-order chi connectivity index (χ1) is 12.2. The zero-order valence-electron chi connectivity index (χ0n) is 14.2. The summed E-state index contributed by atoms with van der Waals surface area (Å²) in [5.41, 5.74) is 2.15. The normalized spacial score (nSPS) is 17.5. The predicted octanol–water partition coefficient (Wildman–Crippen LogP) is 3.67. The first kappa shape index (κ1) is 17.2. The topological polar surface area (TPSA) is 57.6 Å². The molecule has 1 N–H and O–H groups in total. The highest BCUT2D eigenvalue weighted by Gasteiger charge is 2.33. The van der Waals surface area contributed by atoms with Gasteiger partial charge in [-0.3, -0.25) is 4.79 Å². The molecular weight excluding hydrogens is 314 g/mol. The smallest absolute Gasteiger partial charge is 0.326 e. The molecule has 1 amide bonds. The van der Waals surface area contributed by atoms with Crippen molar-refractivity contribution in [3.8, 4) is 0 Å². The van der Waals surface area contributed by atoms with Gasteiger partial charge < -0.3 is 10.0 Å². The van der Waals surface area contributed by atoms with Crippen molar-refractivity contribution in [2.24, 2.45) is 0 Å². The van der Waals surface area contributed by atoms with Gasteiger partial charge in [0.1, 0.15) is 6.04 Å². The van der Waals surface area contributed by atoms with Gasteiger partial charge in [0.25, 0.3) is 0 Å². The Kier molecular flexibility index (Phi) is 5.49. The van der Waals surface area contributed by atoms with E-state index in [1.165, 1.54) is 0 Å². The van der Waals surface area contributed by atoms with Gasteiger partial charge in [0.2, 0.25) is 5.91 Å². The molecule has 4 nitrogen and oxygen atoms in total. The zero-order valence-corrected chi connectivity index (χ0v) is 14.2. The number of amides is 1. The number of rotatable bonds is 5. The molecule has 130 valence electrons. The summed E-state index contributed by atoms with van der Waals surface area (Å²) in [5, 5.41) is 9.43. The first-order valence-electron chi connectivity index (χ1n) is 8.79. The Morgan fingerprint density at radius 1 is 0.960 bits per heavy atom. The summed E-state index contributed by atoms with van der Waals surface area (Å²) in [4.78, 5) is 26.0. The minimum Gasteiger partial charge on any atom is -0.480 e. The molecule has 1 unspecified atom stereocenters. The van der Waals surface area contributed by atoms with Crippen molar-refractivity contribution >= 4 is 11.9 Å². The van der Waals surface area contributed by atoms with E-state index in [9.17, 15) is 14.7 Å². The van der Waals surface area contributed by atoms with Crippen LogP contribution in [-0.2, 0) is 9.59 Å². The fourth-order valence-electron chi connectivity index (χ4n) is 3.58. The quantitative estimate of drug-likeness (QED) is 0.905. The molecule has 3 rings (SSSR count). The number of hydrogen-bond donors (Lipinski definition) is 1. The first-order valence-corrected chi connectivity index (χ1v) is 8.79. The van der Waals surface area contributed by atoms with Crippen LogP contribution in [0.4, 0.5) is 0 Å². The summed E-state index contributed by atoms with van der Waals surface area (Å²) in [5.74, 6) is -1.04. The molecule has 1 saturated heterocycles. The molecule has 2 aromatic rings. The van der Waals surface area contributed by atoms with Crippen molar-refractivity contribution in [2.45, 2.75) is 37.6 Å². The third-order valence-corrected chi connectivity index (χ3v) is 4.89. The number of likely N-dealkylation sites (tertiary alicyclic amines) is 1. The van der Waals surface area contributed by atoms with Crippen LogP contribution in [0, 0.1) is 0 Å². The number of carbonyl (C=O) groups is 2. The lowest BCUT2D eigenvalue weighted by Gasteiger charge is -2.34. The minimum absolute atomic E-state index is 0.0636. The monoisotopic (exact) mass is 337 g/mol. The minimum atomic E-state index is -0.899. The van der Waals surface area contributed by atoms with Crippen LogP contribution in [0.25, 0.3) is 0 Å². The maximum Gasteiger partial charge on any atom is 0.326 e. The van der Waals surface area contributed by atoms with Crippen molar-refractivity contribution < 1.29 is 14.7 Å². The molecule has 0 aromatic heterocycles. The van der Waals surface area contributed by atoms with Crippen molar-refractivity contribution in [3.05, 3.63) is 71.8 Å². The lowest BCUT2D eigenvalue weighted by molar-refractivity contribution is -0.152. The van der Waals surface area contributed by atoms with Crippen molar-refractivity contribution in [1.82, 2.24) is 4.90 Å². The van der Waals surface area contributed by atoms with Crippen molar-refractivity contribution in [3.63, 3.8) is 0 Å². The molecule has 1 aliphatic rings. The fraction of sp³-hybridized carbons (Fsp3) is 0.333. The number of hydrogen-bond acceptors (Lipinski definition) is 2. The highest BCUT2D eigenvalue weighted by atomic mass is 16.4. The third-order valence-electron chi connectivity index (χ3n) is 4.89.